The van der Waals surface area contributed by atoms with E-state index in [0.29, 0.717) is 12.1 Å². The SMILES string of the molecule is N#Cc1ccc(NCc2ccc(Br)o2)cc1. The van der Waals surface area contributed by atoms with Crippen molar-refractivity contribution in [3.8, 4) is 6.07 Å². The number of benzene rings is 1. The summed E-state index contributed by atoms with van der Waals surface area (Å²) in [6.07, 6.45) is 0. The molecule has 1 aromatic heterocycles. The maximum atomic E-state index is 8.65. The van der Waals surface area contributed by atoms with Gasteiger partial charge >= 0.3 is 0 Å². The molecule has 0 spiro atoms. The van der Waals surface area contributed by atoms with Gasteiger partial charge in [0.1, 0.15) is 5.76 Å². The van der Waals surface area contributed by atoms with E-state index in [1.807, 2.05) is 24.3 Å². The molecule has 0 saturated carbocycles. The molecule has 0 fully saturated rings. The largest absolute Gasteiger partial charge is 0.452 e. The van der Waals surface area contributed by atoms with Crippen LogP contribution in [-0.2, 0) is 6.54 Å². The highest BCUT2D eigenvalue weighted by Gasteiger charge is 1.99. The summed E-state index contributed by atoms with van der Waals surface area (Å²) in [6, 6.07) is 13.1. The molecule has 0 aliphatic heterocycles. The van der Waals surface area contributed by atoms with E-state index < -0.39 is 0 Å². The molecule has 16 heavy (non-hydrogen) atoms. The zero-order valence-electron chi connectivity index (χ0n) is 8.40. The lowest BCUT2D eigenvalue weighted by Crippen LogP contribution is -1.97. The first-order chi connectivity index (χ1) is 7.78. The summed E-state index contributed by atoms with van der Waals surface area (Å²) in [5, 5.41) is 11.9. The molecule has 0 radical (unpaired) electrons. The van der Waals surface area contributed by atoms with Gasteiger partial charge in [0.25, 0.3) is 0 Å². The van der Waals surface area contributed by atoms with Crippen LogP contribution < -0.4 is 5.32 Å². The molecule has 3 nitrogen and oxygen atoms in total. The highest BCUT2D eigenvalue weighted by Crippen LogP contribution is 2.16. The third-order valence-electron chi connectivity index (χ3n) is 2.11. The van der Waals surface area contributed by atoms with Crippen LogP contribution in [0.5, 0.6) is 0 Å². The van der Waals surface area contributed by atoms with Crippen LogP contribution in [0, 0.1) is 11.3 Å². The molecule has 1 N–H and O–H groups in total. The average Bonchev–Trinajstić information content (AvgIpc) is 2.73. The summed E-state index contributed by atoms with van der Waals surface area (Å²) < 4.78 is 6.08. The van der Waals surface area contributed by atoms with Crippen molar-refractivity contribution < 1.29 is 4.42 Å². The summed E-state index contributed by atoms with van der Waals surface area (Å²) in [4.78, 5) is 0. The Labute approximate surface area is 102 Å². The zero-order valence-corrected chi connectivity index (χ0v) is 9.99. The Hall–Kier alpha value is -1.73. The Balaban J connectivity index is 1.97. The maximum absolute atomic E-state index is 8.65. The Morgan fingerprint density at radius 3 is 2.50 bits per heavy atom. The number of anilines is 1. The fourth-order valence-electron chi connectivity index (χ4n) is 1.30. The third kappa shape index (κ3) is 2.65. The molecule has 4 heteroatoms. The number of furan rings is 1. The van der Waals surface area contributed by atoms with Crippen LogP contribution in [0.4, 0.5) is 5.69 Å². The molecule has 0 aliphatic rings. The van der Waals surface area contributed by atoms with E-state index in [2.05, 4.69) is 27.3 Å². The van der Waals surface area contributed by atoms with E-state index >= 15 is 0 Å². The first kappa shape index (κ1) is 10.8. The van der Waals surface area contributed by atoms with Gasteiger partial charge in [0.2, 0.25) is 0 Å². The first-order valence-corrected chi connectivity index (χ1v) is 5.55. The van der Waals surface area contributed by atoms with Gasteiger partial charge in [0.15, 0.2) is 4.67 Å². The molecule has 0 saturated heterocycles. The van der Waals surface area contributed by atoms with Crippen LogP contribution in [0.3, 0.4) is 0 Å². The molecule has 1 heterocycles. The summed E-state index contributed by atoms with van der Waals surface area (Å²) in [5.74, 6) is 0.858. The summed E-state index contributed by atoms with van der Waals surface area (Å²) in [7, 11) is 0. The molecular weight excluding hydrogens is 268 g/mol. The van der Waals surface area contributed by atoms with E-state index in [-0.39, 0.29) is 0 Å². The second-order valence-corrected chi connectivity index (χ2v) is 4.03. The smallest absolute Gasteiger partial charge is 0.169 e. The Kier molecular flexibility index (Phi) is 3.28. The minimum Gasteiger partial charge on any atom is -0.452 e. The van der Waals surface area contributed by atoms with Crippen LogP contribution in [-0.4, -0.2) is 0 Å². The van der Waals surface area contributed by atoms with Crippen molar-refractivity contribution in [3.05, 3.63) is 52.4 Å². The van der Waals surface area contributed by atoms with Gasteiger partial charge in [-0.05, 0) is 52.3 Å². The van der Waals surface area contributed by atoms with Crippen molar-refractivity contribution in [1.29, 1.82) is 5.26 Å². The molecule has 0 atom stereocenters. The van der Waals surface area contributed by atoms with Gasteiger partial charge in [-0.3, -0.25) is 0 Å². The fourth-order valence-corrected chi connectivity index (χ4v) is 1.64. The van der Waals surface area contributed by atoms with Crippen LogP contribution in [0.15, 0.2) is 45.5 Å². The van der Waals surface area contributed by atoms with Crippen molar-refractivity contribution in [2.24, 2.45) is 0 Å². The van der Waals surface area contributed by atoms with Crippen molar-refractivity contribution in [2.75, 3.05) is 5.32 Å². The zero-order chi connectivity index (χ0) is 11.4. The van der Waals surface area contributed by atoms with Crippen molar-refractivity contribution in [3.63, 3.8) is 0 Å². The predicted molar refractivity (Wildman–Crippen MR) is 64.9 cm³/mol. The number of nitriles is 1. The van der Waals surface area contributed by atoms with Crippen molar-refractivity contribution >= 4 is 21.6 Å². The number of hydrogen-bond acceptors (Lipinski definition) is 3. The second kappa shape index (κ2) is 4.86. The third-order valence-corrected chi connectivity index (χ3v) is 2.54. The van der Waals surface area contributed by atoms with Crippen LogP contribution in [0.25, 0.3) is 0 Å². The minimum atomic E-state index is 0.623. The average molecular weight is 277 g/mol. The van der Waals surface area contributed by atoms with Crippen LogP contribution >= 0.6 is 15.9 Å². The summed E-state index contributed by atoms with van der Waals surface area (Å²) in [5.41, 5.74) is 1.62. The number of nitrogens with zero attached hydrogens (tertiary/aromatic N) is 1. The van der Waals surface area contributed by atoms with Gasteiger partial charge in [0.05, 0.1) is 18.2 Å². The van der Waals surface area contributed by atoms with E-state index in [1.54, 1.807) is 12.1 Å². The van der Waals surface area contributed by atoms with Gasteiger partial charge in [0, 0.05) is 5.69 Å². The van der Waals surface area contributed by atoms with Crippen LogP contribution in [0.2, 0.25) is 0 Å². The molecular formula is C12H9BrN2O. The van der Waals surface area contributed by atoms with E-state index in [9.17, 15) is 0 Å². The second-order valence-electron chi connectivity index (χ2n) is 3.25. The lowest BCUT2D eigenvalue weighted by molar-refractivity contribution is 0.495. The van der Waals surface area contributed by atoms with Gasteiger partial charge in [-0.1, -0.05) is 0 Å². The molecule has 2 rings (SSSR count). The number of hydrogen-bond donors (Lipinski definition) is 1. The first-order valence-electron chi connectivity index (χ1n) is 4.76. The Morgan fingerprint density at radius 2 is 1.94 bits per heavy atom. The maximum Gasteiger partial charge on any atom is 0.169 e. The Bertz CT molecular complexity index is 511. The van der Waals surface area contributed by atoms with E-state index in [0.717, 1.165) is 16.1 Å². The standard InChI is InChI=1S/C12H9BrN2O/c13-12-6-5-11(16-12)8-15-10-3-1-9(7-14)2-4-10/h1-6,15H,8H2. The number of rotatable bonds is 3. The van der Waals surface area contributed by atoms with Gasteiger partial charge < -0.3 is 9.73 Å². The highest BCUT2D eigenvalue weighted by molar-refractivity contribution is 9.10. The predicted octanol–water partition coefficient (Wildman–Crippen LogP) is 3.53. The van der Waals surface area contributed by atoms with Gasteiger partial charge in [-0.15, -0.1) is 0 Å². The van der Waals surface area contributed by atoms with E-state index in [1.165, 1.54) is 0 Å². The topological polar surface area (TPSA) is 49.0 Å². The minimum absolute atomic E-state index is 0.623. The molecule has 0 bridgehead atoms. The van der Waals surface area contributed by atoms with Gasteiger partial charge in [-0.25, -0.2) is 0 Å². The molecule has 0 unspecified atom stereocenters. The van der Waals surface area contributed by atoms with Crippen LogP contribution in [0.1, 0.15) is 11.3 Å². The van der Waals surface area contributed by atoms with Gasteiger partial charge in [-0.2, -0.15) is 5.26 Å². The van der Waals surface area contributed by atoms with Crippen molar-refractivity contribution in [2.45, 2.75) is 6.54 Å². The van der Waals surface area contributed by atoms with Crippen molar-refractivity contribution in [1.82, 2.24) is 0 Å². The monoisotopic (exact) mass is 276 g/mol. The molecule has 1 aromatic carbocycles. The quantitative estimate of drug-likeness (QED) is 0.933. The lowest BCUT2D eigenvalue weighted by atomic mass is 10.2. The Morgan fingerprint density at radius 1 is 1.19 bits per heavy atom. The fraction of sp³-hybridized carbons (Fsp3) is 0.0833. The molecule has 0 aliphatic carbocycles. The highest BCUT2D eigenvalue weighted by atomic mass is 79.9. The van der Waals surface area contributed by atoms with E-state index in [4.69, 9.17) is 9.68 Å². The molecule has 2 aromatic rings. The summed E-state index contributed by atoms with van der Waals surface area (Å²) in [6.45, 7) is 0.623. The molecule has 80 valence electrons. The lowest BCUT2D eigenvalue weighted by Gasteiger charge is -2.03. The summed E-state index contributed by atoms with van der Waals surface area (Å²) >= 11 is 3.25. The number of nitrogens with one attached hydrogen (secondary N) is 1. The number of halogens is 1. The molecule has 0 amide bonds. The normalized spacial score (nSPS) is 9.75.